The minimum absolute atomic E-state index is 0.0941. The van der Waals surface area contributed by atoms with E-state index < -0.39 is 5.97 Å². The lowest BCUT2D eigenvalue weighted by molar-refractivity contribution is -0.135. The van der Waals surface area contributed by atoms with Gasteiger partial charge in [-0.25, -0.2) is 0 Å². The number of aromatic hydroxyl groups is 1. The first-order valence-corrected chi connectivity index (χ1v) is 3.70. The van der Waals surface area contributed by atoms with E-state index in [9.17, 15) is 9.90 Å². The number of carboxylic acid groups (broad SMARTS) is 1. The van der Waals surface area contributed by atoms with Gasteiger partial charge in [0.15, 0.2) is 0 Å². The summed E-state index contributed by atoms with van der Waals surface area (Å²) >= 11 is 0. The van der Waals surface area contributed by atoms with Crippen molar-refractivity contribution >= 4 is 12.2 Å². The summed E-state index contributed by atoms with van der Waals surface area (Å²) in [6, 6.07) is 6.59. The minimum atomic E-state index is -0.994. The molecule has 0 bridgehead atoms. The molecule has 0 atom stereocenters. The Morgan fingerprint density at radius 3 is 2.77 bits per heavy atom. The molecule has 13 heavy (non-hydrogen) atoms. The Morgan fingerprint density at radius 2 is 2.15 bits per heavy atom. The summed E-state index contributed by atoms with van der Waals surface area (Å²) in [5.41, 5.74) is 0.517. The molecule has 0 unspecified atom stereocenters. The number of carboxylic acids is 1. The van der Waals surface area contributed by atoms with Crippen LogP contribution in [0, 0.1) is 0 Å². The summed E-state index contributed by atoms with van der Waals surface area (Å²) in [4.78, 5) is 13.7. The molecular formula is C9H9NO3. The minimum Gasteiger partial charge on any atom is -0.507 e. The zero-order chi connectivity index (χ0) is 9.68. The van der Waals surface area contributed by atoms with E-state index in [2.05, 4.69) is 4.99 Å². The fraction of sp³-hybridized carbons (Fsp3) is 0.111. The molecule has 0 aliphatic carbocycles. The normalized spacial score (nSPS) is 10.5. The van der Waals surface area contributed by atoms with Gasteiger partial charge in [-0.15, -0.1) is 0 Å². The molecule has 0 spiro atoms. The van der Waals surface area contributed by atoms with Crippen molar-refractivity contribution in [3.05, 3.63) is 29.8 Å². The summed E-state index contributed by atoms with van der Waals surface area (Å²) in [7, 11) is 0. The van der Waals surface area contributed by atoms with E-state index in [-0.39, 0.29) is 12.3 Å². The second-order valence-electron chi connectivity index (χ2n) is 2.42. The van der Waals surface area contributed by atoms with E-state index in [4.69, 9.17) is 5.11 Å². The van der Waals surface area contributed by atoms with Gasteiger partial charge in [-0.05, 0) is 12.1 Å². The predicted octanol–water partition coefficient (Wildman–Crippen LogP) is 0.896. The number of benzene rings is 1. The number of aliphatic carboxylic acids is 1. The van der Waals surface area contributed by atoms with Crippen molar-refractivity contribution in [1.29, 1.82) is 0 Å². The van der Waals surface area contributed by atoms with Crippen LogP contribution in [0.15, 0.2) is 29.3 Å². The molecule has 4 nitrogen and oxygen atoms in total. The van der Waals surface area contributed by atoms with Crippen LogP contribution in [-0.4, -0.2) is 28.9 Å². The number of phenolic OH excluding ortho intramolecular Hbond substituents is 1. The number of hydrogen-bond donors (Lipinski definition) is 2. The van der Waals surface area contributed by atoms with Crippen LogP contribution < -0.4 is 0 Å². The van der Waals surface area contributed by atoms with Crippen LogP contribution in [-0.2, 0) is 4.79 Å². The van der Waals surface area contributed by atoms with Gasteiger partial charge in [0.1, 0.15) is 12.3 Å². The molecular weight excluding hydrogens is 170 g/mol. The Morgan fingerprint density at radius 1 is 1.46 bits per heavy atom. The van der Waals surface area contributed by atoms with Crippen LogP contribution in [0.5, 0.6) is 5.75 Å². The summed E-state index contributed by atoms with van der Waals surface area (Å²) in [5.74, 6) is -0.900. The monoisotopic (exact) mass is 179 g/mol. The number of rotatable bonds is 3. The van der Waals surface area contributed by atoms with Gasteiger partial charge in [0.05, 0.1) is 0 Å². The van der Waals surface area contributed by atoms with Crippen molar-refractivity contribution in [2.24, 2.45) is 4.99 Å². The van der Waals surface area contributed by atoms with Gasteiger partial charge < -0.3 is 10.2 Å². The van der Waals surface area contributed by atoms with Gasteiger partial charge in [0.2, 0.25) is 0 Å². The second kappa shape index (κ2) is 4.25. The molecule has 0 radical (unpaired) electrons. The third kappa shape index (κ3) is 2.94. The number of carbonyl (C=O) groups is 1. The Labute approximate surface area is 75.2 Å². The summed E-state index contributed by atoms with van der Waals surface area (Å²) in [6.07, 6.45) is 1.34. The van der Waals surface area contributed by atoms with Gasteiger partial charge in [-0.1, -0.05) is 12.1 Å². The lowest BCUT2D eigenvalue weighted by Crippen LogP contribution is -1.99. The number of para-hydroxylation sites is 1. The third-order valence-electron chi connectivity index (χ3n) is 1.39. The molecule has 4 heteroatoms. The van der Waals surface area contributed by atoms with Crippen LogP contribution in [0.1, 0.15) is 5.56 Å². The highest BCUT2D eigenvalue weighted by atomic mass is 16.4. The van der Waals surface area contributed by atoms with Crippen LogP contribution in [0.25, 0.3) is 0 Å². The van der Waals surface area contributed by atoms with E-state index in [1.165, 1.54) is 12.3 Å². The average Bonchev–Trinajstić information content (AvgIpc) is 2.08. The van der Waals surface area contributed by atoms with Crippen molar-refractivity contribution < 1.29 is 15.0 Å². The Hall–Kier alpha value is -1.84. The lowest BCUT2D eigenvalue weighted by atomic mass is 10.2. The fourth-order valence-electron chi connectivity index (χ4n) is 0.819. The maximum atomic E-state index is 10.1. The summed E-state index contributed by atoms with van der Waals surface area (Å²) in [5, 5.41) is 17.5. The molecule has 0 heterocycles. The molecule has 0 aromatic heterocycles. The smallest absolute Gasteiger partial charge is 0.325 e. The van der Waals surface area contributed by atoms with E-state index in [1.807, 2.05) is 0 Å². The zero-order valence-corrected chi connectivity index (χ0v) is 6.84. The molecule has 68 valence electrons. The molecule has 1 aromatic rings. The van der Waals surface area contributed by atoms with Crippen LogP contribution in [0.2, 0.25) is 0 Å². The third-order valence-corrected chi connectivity index (χ3v) is 1.39. The number of aliphatic imine (C=N–C) groups is 1. The van der Waals surface area contributed by atoms with Crippen LogP contribution >= 0.6 is 0 Å². The van der Waals surface area contributed by atoms with Crippen molar-refractivity contribution in [2.75, 3.05) is 6.54 Å². The first-order valence-electron chi connectivity index (χ1n) is 3.70. The van der Waals surface area contributed by atoms with E-state index in [0.29, 0.717) is 5.56 Å². The Bertz CT molecular complexity index is 333. The van der Waals surface area contributed by atoms with E-state index in [1.54, 1.807) is 18.2 Å². The predicted molar refractivity (Wildman–Crippen MR) is 48.2 cm³/mol. The number of phenols is 1. The molecule has 0 saturated carbocycles. The topological polar surface area (TPSA) is 69.9 Å². The highest BCUT2D eigenvalue weighted by Gasteiger charge is 1.95. The quantitative estimate of drug-likeness (QED) is 0.677. The maximum absolute atomic E-state index is 10.1. The molecule has 2 N–H and O–H groups in total. The highest BCUT2D eigenvalue weighted by Crippen LogP contribution is 2.12. The molecule has 0 aliphatic rings. The Balaban J connectivity index is 2.68. The van der Waals surface area contributed by atoms with Gasteiger partial charge in [-0.2, -0.15) is 0 Å². The molecule has 0 fully saturated rings. The Kier molecular flexibility index (Phi) is 3.03. The van der Waals surface area contributed by atoms with Crippen molar-refractivity contribution in [3.8, 4) is 5.75 Å². The van der Waals surface area contributed by atoms with Gasteiger partial charge in [0.25, 0.3) is 0 Å². The maximum Gasteiger partial charge on any atom is 0.325 e. The molecule has 0 saturated heterocycles. The SMILES string of the molecule is O=C(O)C/N=C/c1ccccc1O. The summed E-state index contributed by atoms with van der Waals surface area (Å²) in [6.45, 7) is -0.283. The molecule has 0 aliphatic heterocycles. The second-order valence-corrected chi connectivity index (χ2v) is 2.42. The van der Waals surface area contributed by atoms with Gasteiger partial charge in [0, 0.05) is 11.8 Å². The average molecular weight is 179 g/mol. The van der Waals surface area contributed by atoms with E-state index >= 15 is 0 Å². The first kappa shape index (κ1) is 9.25. The standard InChI is InChI=1S/C9H9NO3/c11-8-4-2-1-3-7(8)5-10-6-9(12)13/h1-5,11H,6H2,(H,12,13)/b10-5+. The van der Waals surface area contributed by atoms with Crippen molar-refractivity contribution in [1.82, 2.24) is 0 Å². The van der Waals surface area contributed by atoms with Crippen molar-refractivity contribution in [3.63, 3.8) is 0 Å². The molecule has 1 rings (SSSR count). The first-order chi connectivity index (χ1) is 6.20. The highest BCUT2D eigenvalue weighted by molar-refractivity contribution is 5.84. The zero-order valence-electron chi connectivity index (χ0n) is 6.84. The van der Waals surface area contributed by atoms with Gasteiger partial charge in [-0.3, -0.25) is 9.79 Å². The van der Waals surface area contributed by atoms with E-state index in [0.717, 1.165) is 0 Å². The number of hydrogen-bond acceptors (Lipinski definition) is 3. The summed E-state index contributed by atoms with van der Waals surface area (Å²) < 4.78 is 0. The van der Waals surface area contributed by atoms with Crippen LogP contribution in [0.3, 0.4) is 0 Å². The van der Waals surface area contributed by atoms with Crippen LogP contribution in [0.4, 0.5) is 0 Å². The lowest BCUT2D eigenvalue weighted by Gasteiger charge is -1.95. The molecule has 0 amide bonds. The fourth-order valence-corrected chi connectivity index (χ4v) is 0.819. The van der Waals surface area contributed by atoms with Crippen molar-refractivity contribution in [2.45, 2.75) is 0 Å². The molecule has 1 aromatic carbocycles. The largest absolute Gasteiger partial charge is 0.507 e. The van der Waals surface area contributed by atoms with Gasteiger partial charge >= 0.3 is 5.97 Å². The number of nitrogens with zero attached hydrogens (tertiary/aromatic N) is 1.